The zero-order valence-electron chi connectivity index (χ0n) is 12.9. The van der Waals surface area contributed by atoms with Crippen molar-refractivity contribution in [2.75, 3.05) is 18.2 Å². The summed E-state index contributed by atoms with van der Waals surface area (Å²) in [5.74, 6) is -0.995. The molecule has 0 saturated carbocycles. The minimum absolute atomic E-state index is 0.203. The molecule has 0 spiro atoms. The molecular weight excluding hydrogens is 384 g/mol. The molecule has 0 unspecified atom stereocenters. The van der Waals surface area contributed by atoms with Crippen molar-refractivity contribution in [2.24, 2.45) is 0 Å². The lowest BCUT2D eigenvalue weighted by Gasteiger charge is -2.14. The molecule has 0 atom stereocenters. The Balaban J connectivity index is 2.41. The van der Waals surface area contributed by atoms with Crippen LogP contribution in [0.15, 0.2) is 21.4 Å². The largest absolute Gasteiger partial charge is 0.486 e. The fraction of sp³-hybridized carbons (Fsp3) is 0.308. The van der Waals surface area contributed by atoms with E-state index in [0.717, 1.165) is 18.4 Å². The lowest BCUT2D eigenvalue weighted by Crippen LogP contribution is -2.16. The summed E-state index contributed by atoms with van der Waals surface area (Å²) in [5, 5.41) is 8.86. The van der Waals surface area contributed by atoms with E-state index in [1.54, 1.807) is 0 Å². The van der Waals surface area contributed by atoms with E-state index >= 15 is 0 Å². The summed E-state index contributed by atoms with van der Waals surface area (Å²) in [6, 6.07) is 1.99. The highest BCUT2D eigenvalue weighted by molar-refractivity contribution is 7.91. The molecule has 1 amide bonds. The van der Waals surface area contributed by atoms with E-state index in [1.165, 1.54) is 6.92 Å². The minimum atomic E-state index is -3.97. The Kier molecular flexibility index (Phi) is 5.58. The maximum Gasteiger partial charge on any atom is 0.322 e. The predicted molar refractivity (Wildman–Crippen MR) is 83.0 cm³/mol. The quantitative estimate of drug-likeness (QED) is 0.798. The maximum atomic E-state index is 12.3. The van der Waals surface area contributed by atoms with Crippen molar-refractivity contribution in [1.29, 1.82) is 0 Å². The number of aryl methyl sites for hydroxylation is 1. The molecule has 2 aromatic rings. The Hall–Kier alpha value is -2.27. The molecule has 0 aliphatic heterocycles. The van der Waals surface area contributed by atoms with Gasteiger partial charge in [0.1, 0.15) is 17.3 Å². The number of halogens is 3. The third-order valence-electron chi connectivity index (χ3n) is 2.79. The molecule has 1 aromatic heterocycles. The van der Waals surface area contributed by atoms with Crippen molar-refractivity contribution >= 4 is 33.4 Å². The molecule has 0 bridgehead atoms. The summed E-state index contributed by atoms with van der Waals surface area (Å²) in [6.07, 6.45) is -2.00. The van der Waals surface area contributed by atoms with Crippen LogP contribution < -0.4 is 10.1 Å². The number of carbonyl (C=O) groups excluding carboxylic acids is 1. The van der Waals surface area contributed by atoms with Gasteiger partial charge in [-0.1, -0.05) is 16.7 Å². The highest BCUT2D eigenvalue weighted by Gasteiger charge is 2.25. The summed E-state index contributed by atoms with van der Waals surface area (Å²) >= 11 is 6.01. The van der Waals surface area contributed by atoms with Crippen LogP contribution in [0.4, 0.5) is 14.8 Å². The Bertz CT molecular complexity index is 901. The fourth-order valence-electron chi connectivity index (χ4n) is 1.84. The van der Waals surface area contributed by atoms with Gasteiger partial charge in [0.05, 0.1) is 10.6 Å². The third-order valence-corrected chi connectivity index (χ3v) is 4.44. The van der Waals surface area contributed by atoms with Crippen LogP contribution in [0.25, 0.3) is 0 Å². The molecule has 0 radical (unpaired) electrons. The van der Waals surface area contributed by atoms with Gasteiger partial charge < -0.3 is 9.15 Å². The highest BCUT2D eigenvalue weighted by Crippen LogP contribution is 2.34. The Morgan fingerprint density at radius 2 is 2.08 bits per heavy atom. The van der Waals surface area contributed by atoms with Crippen molar-refractivity contribution in [3.8, 4) is 5.75 Å². The van der Waals surface area contributed by atoms with E-state index in [9.17, 15) is 22.0 Å². The van der Waals surface area contributed by atoms with Crippen molar-refractivity contribution in [1.82, 2.24) is 10.2 Å². The number of hydrogen-bond acceptors (Lipinski definition) is 7. The number of anilines is 1. The summed E-state index contributed by atoms with van der Waals surface area (Å²) < 4.78 is 58.2. The topological polar surface area (TPSA) is 111 Å². The normalized spacial score (nSPS) is 11.6. The molecule has 2 rings (SSSR count). The molecule has 12 heteroatoms. The first-order chi connectivity index (χ1) is 11.6. The number of nitrogens with zero attached hydrogens (tertiary/aromatic N) is 2. The van der Waals surface area contributed by atoms with E-state index in [1.807, 2.05) is 0 Å². The van der Waals surface area contributed by atoms with E-state index in [-0.39, 0.29) is 23.2 Å². The monoisotopic (exact) mass is 395 g/mol. The average molecular weight is 396 g/mol. The zero-order chi connectivity index (χ0) is 18.8. The average Bonchev–Trinajstić information content (AvgIpc) is 2.88. The van der Waals surface area contributed by atoms with Gasteiger partial charge in [-0.05, 0) is 12.1 Å². The molecule has 136 valence electrons. The van der Waals surface area contributed by atoms with Crippen LogP contribution in [0.3, 0.4) is 0 Å². The van der Waals surface area contributed by atoms with Crippen molar-refractivity contribution in [3.63, 3.8) is 0 Å². The van der Waals surface area contributed by atoms with Crippen LogP contribution in [0.2, 0.25) is 5.02 Å². The number of amides is 1. The smallest absolute Gasteiger partial charge is 0.322 e. The number of nitrogens with one attached hydrogen (secondary N) is 1. The molecule has 0 saturated heterocycles. The van der Waals surface area contributed by atoms with Gasteiger partial charge >= 0.3 is 6.01 Å². The van der Waals surface area contributed by atoms with E-state index in [4.69, 9.17) is 20.8 Å². The lowest BCUT2D eigenvalue weighted by atomic mass is 10.2. The van der Waals surface area contributed by atoms with Gasteiger partial charge in [0, 0.05) is 13.2 Å². The van der Waals surface area contributed by atoms with Gasteiger partial charge in [-0.3, -0.25) is 10.1 Å². The predicted octanol–water partition coefficient (Wildman–Crippen LogP) is 2.33. The first-order valence-corrected chi connectivity index (χ1v) is 8.91. The van der Waals surface area contributed by atoms with Gasteiger partial charge in [0.25, 0.3) is 12.3 Å². The Morgan fingerprint density at radius 3 is 2.60 bits per heavy atom. The number of alkyl halides is 2. The van der Waals surface area contributed by atoms with Gasteiger partial charge in [0.15, 0.2) is 9.84 Å². The van der Waals surface area contributed by atoms with Gasteiger partial charge in [-0.2, -0.15) is 0 Å². The van der Waals surface area contributed by atoms with Crippen LogP contribution in [0.1, 0.15) is 16.2 Å². The number of aromatic nitrogens is 2. The second-order valence-electron chi connectivity index (χ2n) is 4.81. The van der Waals surface area contributed by atoms with Crippen LogP contribution in [-0.4, -0.2) is 43.8 Å². The molecule has 25 heavy (non-hydrogen) atoms. The molecule has 0 aliphatic rings. The first-order valence-electron chi connectivity index (χ1n) is 6.64. The Morgan fingerprint density at radius 1 is 1.40 bits per heavy atom. The molecule has 0 aliphatic carbocycles. The number of rotatable bonds is 6. The third kappa shape index (κ3) is 4.63. The molecule has 1 N–H and O–H groups in total. The summed E-state index contributed by atoms with van der Waals surface area (Å²) in [7, 11) is -3.97. The zero-order valence-corrected chi connectivity index (χ0v) is 14.5. The van der Waals surface area contributed by atoms with Crippen LogP contribution in [-0.2, 0) is 9.84 Å². The Labute approximate surface area is 146 Å². The molecule has 0 fully saturated rings. The van der Waals surface area contributed by atoms with Crippen molar-refractivity contribution < 1.29 is 31.1 Å². The maximum absolute atomic E-state index is 12.3. The van der Waals surface area contributed by atoms with E-state index in [2.05, 4.69) is 15.5 Å². The molecular formula is C13H12ClF2N3O5S. The number of sulfone groups is 1. The fourth-order valence-corrected chi connectivity index (χ4v) is 3.43. The van der Waals surface area contributed by atoms with Crippen molar-refractivity contribution in [2.45, 2.75) is 18.2 Å². The lowest BCUT2D eigenvalue weighted by molar-refractivity contribution is 0.0803. The summed E-state index contributed by atoms with van der Waals surface area (Å²) in [6.45, 7) is 0.484. The van der Waals surface area contributed by atoms with Gasteiger partial charge in [0.2, 0.25) is 5.89 Å². The molecule has 1 heterocycles. The second-order valence-corrected chi connectivity index (χ2v) is 7.14. The first kappa shape index (κ1) is 19.1. The van der Waals surface area contributed by atoms with Gasteiger partial charge in [-0.25, -0.2) is 17.2 Å². The summed E-state index contributed by atoms with van der Waals surface area (Å²) in [5.41, 5.74) is -0.234. The van der Waals surface area contributed by atoms with E-state index in [0.29, 0.717) is 0 Å². The SMILES string of the molecule is Cc1nnc(NC(=O)c2ccc(OCC(F)F)c(S(C)(=O)=O)c2Cl)o1. The van der Waals surface area contributed by atoms with Crippen LogP contribution >= 0.6 is 11.6 Å². The second kappa shape index (κ2) is 7.31. The number of carbonyl (C=O) groups is 1. The van der Waals surface area contributed by atoms with Crippen LogP contribution in [0.5, 0.6) is 5.75 Å². The number of ether oxygens (including phenoxy) is 1. The standard InChI is InChI=1S/C13H12ClF2N3O5S/c1-6-18-19-13(24-6)17-12(20)7-3-4-8(23-5-9(15)16)11(10(7)14)25(2,21)22/h3-4,9H,5H2,1-2H3,(H,17,19,20). The van der Waals surface area contributed by atoms with Crippen molar-refractivity contribution in [3.05, 3.63) is 28.6 Å². The number of benzene rings is 1. The molecule has 1 aromatic carbocycles. The highest BCUT2D eigenvalue weighted by atomic mass is 35.5. The minimum Gasteiger partial charge on any atom is -0.486 e. The summed E-state index contributed by atoms with van der Waals surface area (Å²) in [4.78, 5) is 11.7. The number of hydrogen-bond donors (Lipinski definition) is 1. The van der Waals surface area contributed by atoms with Gasteiger partial charge in [-0.15, -0.1) is 5.10 Å². The van der Waals surface area contributed by atoms with E-state index < -0.39 is 38.7 Å². The molecule has 8 nitrogen and oxygen atoms in total. The van der Waals surface area contributed by atoms with Crippen LogP contribution in [0, 0.1) is 6.92 Å².